The zero-order valence-electron chi connectivity index (χ0n) is 20.4. The highest BCUT2D eigenvalue weighted by molar-refractivity contribution is 6.45. The van der Waals surface area contributed by atoms with Crippen LogP contribution >= 0.6 is 0 Å². The van der Waals surface area contributed by atoms with Crippen LogP contribution in [0, 0.1) is 6.92 Å². The number of ketones is 1. The average Bonchev–Trinajstić information content (AvgIpc) is 3.56. The van der Waals surface area contributed by atoms with Crippen LogP contribution in [0.15, 0.2) is 55.0 Å². The number of rotatable bonds is 6. The Morgan fingerprint density at radius 2 is 1.78 bits per heavy atom. The lowest BCUT2D eigenvalue weighted by molar-refractivity contribution is -0.127. The number of Topliss-reactive ketones (excluding diaryl/α,β-unsaturated/α-hetero) is 1. The van der Waals surface area contributed by atoms with Crippen LogP contribution in [0.5, 0.6) is 5.75 Å². The molecule has 0 spiro atoms. The Morgan fingerprint density at radius 1 is 1.06 bits per heavy atom. The molecular formula is C26H27N7O3. The van der Waals surface area contributed by atoms with Gasteiger partial charge >= 0.3 is 0 Å². The van der Waals surface area contributed by atoms with Gasteiger partial charge in [-0.2, -0.15) is 10.2 Å². The minimum absolute atomic E-state index is 0.236. The van der Waals surface area contributed by atoms with Gasteiger partial charge in [-0.1, -0.05) is 36.4 Å². The number of hydrogen-bond donors (Lipinski definition) is 1. The van der Waals surface area contributed by atoms with Crippen LogP contribution in [0.3, 0.4) is 0 Å². The first-order chi connectivity index (χ1) is 17.5. The molecule has 10 nitrogen and oxygen atoms in total. The van der Waals surface area contributed by atoms with Crippen LogP contribution in [0.4, 0.5) is 0 Å². The van der Waals surface area contributed by atoms with Crippen LogP contribution in [0.2, 0.25) is 0 Å². The molecule has 4 aromatic rings. The number of amides is 1. The summed E-state index contributed by atoms with van der Waals surface area (Å²) in [4.78, 5) is 39.3. The number of nitrogens with one attached hydrogen (secondary N) is 1. The van der Waals surface area contributed by atoms with E-state index in [2.05, 4.69) is 43.3 Å². The lowest BCUT2D eigenvalue weighted by atomic mass is 10.1. The van der Waals surface area contributed by atoms with E-state index in [0.717, 1.165) is 17.0 Å². The Kier molecular flexibility index (Phi) is 6.24. The maximum Gasteiger partial charge on any atom is 0.295 e. The highest BCUT2D eigenvalue weighted by Gasteiger charge is 2.30. The van der Waals surface area contributed by atoms with Gasteiger partial charge in [0.05, 0.1) is 41.7 Å². The van der Waals surface area contributed by atoms with Crippen molar-refractivity contribution in [2.75, 3.05) is 33.3 Å². The van der Waals surface area contributed by atoms with Crippen LogP contribution < -0.4 is 4.74 Å². The Morgan fingerprint density at radius 3 is 2.42 bits per heavy atom. The van der Waals surface area contributed by atoms with Crippen LogP contribution in [0.1, 0.15) is 28.5 Å². The van der Waals surface area contributed by atoms with E-state index < -0.39 is 11.7 Å². The van der Waals surface area contributed by atoms with Gasteiger partial charge in [-0.3, -0.25) is 9.59 Å². The summed E-state index contributed by atoms with van der Waals surface area (Å²) in [5, 5.41) is 9.01. The molecular weight excluding hydrogens is 458 g/mol. The number of aromatic nitrogens is 5. The molecule has 0 saturated carbocycles. The number of nitrogens with zero attached hydrogens (tertiary/aromatic N) is 6. The van der Waals surface area contributed by atoms with Crippen molar-refractivity contribution in [1.29, 1.82) is 0 Å². The Bertz CT molecular complexity index is 1450. The number of fused-ring (bicyclic) bond motifs is 1. The van der Waals surface area contributed by atoms with Crippen LogP contribution in [-0.2, 0) is 4.79 Å². The summed E-state index contributed by atoms with van der Waals surface area (Å²) in [6.07, 6.45) is 6.73. The van der Waals surface area contributed by atoms with Gasteiger partial charge in [0.2, 0.25) is 0 Å². The SMILES string of the molecule is C/C=C(/c1ccccc1)N1CCN(C(=O)C(=O)c2c[nH]c3c(-n4ncc(C)n4)ncc(OC)c23)CC1. The monoisotopic (exact) mass is 485 g/mol. The Hall–Kier alpha value is -4.47. The predicted octanol–water partition coefficient (Wildman–Crippen LogP) is 2.85. The zero-order valence-corrected chi connectivity index (χ0v) is 20.4. The Labute approximate surface area is 208 Å². The molecule has 3 aromatic heterocycles. The van der Waals surface area contributed by atoms with Gasteiger partial charge in [0.25, 0.3) is 11.7 Å². The van der Waals surface area contributed by atoms with Gasteiger partial charge in [0, 0.05) is 38.1 Å². The number of benzene rings is 1. The molecule has 36 heavy (non-hydrogen) atoms. The van der Waals surface area contributed by atoms with E-state index in [1.807, 2.05) is 32.0 Å². The summed E-state index contributed by atoms with van der Waals surface area (Å²) in [6.45, 7) is 6.03. The second kappa shape index (κ2) is 9.65. The van der Waals surface area contributed by atoms with Crippen molar-refractivity contribution in [3.8, 4) is 11.6 Å². The highest BCUT2D eigenvalue weighted by atomic mass is 16.5. The van der Waals surface area contributed by atoms with Gasteiger partial charge in [-0.05, 0) is 19.4 Å². The van der Waals surface area contributed by atoms with Crippen molar-refractivity contribution in [3.63, 3.8) is 0 Å². The molecule has 1 amide bonds. The van der Waals surface area contributed by atoms with Crippen molar-refractivity contribution in [3.05, 3.63) is 71.8 Å². The Balaban J connectivity index is 1.37. The van der Waals surface area contributed by atoms with E-state index >= 15 is 0 Å². The van der Waals surface area contributed by atoms with Gasteiger partial charge in [-0.15, -0.1) is 4.80 Å². The van der Waals surface area contributed by atoms with Gasteiger partial charge in [-0.25, -0.2) is 4.98 Å². The van der Waals surface area contributed by atoms with E-state index in [-0.39, 0.29) is 5.56 Å². The molecule has 1 aromatic carbocycles. The lowest BCUT2D eigenvalue weighted by Crippen LogP contribution is -2.49. The molecule has 5 rings (SSSR count). The average molecular weight is 486 g/mol. The number of carbonyl (C=O) groups excluding carboxylic acids is 2. The van der Waals surface area contributed by atoms with Crippen molar-refractivity contribution >= 4 is 28.3 Å². The summed E-state index contributed by atoms with van der Waals surface area (Å²) in [7, 11) is 1.50. The number of H-pyrrole nitrogens is 1. The predicted molar refractivity (Wildman–Crippen MR) is 135 cm³/mol. The molecule has 1 aliphatic rings. The largest absolute Gasteiger partial charge is 0.494 e. The molecule has 0 radical (unpaired) electrons. The fourth-order valence-electron chi connectivity index (χ4n) is 4.58. The first-order valence-electron chi connectivity index (χ1n) is 11.8. The molecule has 10 heteroatoms. The molecule has 1 fully saturated rings. The molecule has 1 N–H and O–H groups in total. The number of ether oxygens (including phenoxy) is 1. The van der Waals surface area contributed by atoms with Crippen molar-refractivity contribution in [2.45, 2.75) is 13.8 Å². The van der Waals surface area contributed by atoms with E-state index in [1.54, 1.807) is 11.1 Å². The molecule has 0 unspecified atom stereocenters. The topological polar surface area (TPSA) is 109 Å². The lowest BCUT2D eigenvalue weighted by Gasteiger charge is -2.37. The second-order valence-electron chi connectivity index (χ2n) is 8.53. The quantitative estimate of drug-likeness (QED) is 0.330. The maximum atomic E-state index is 13.4. The third kappa shape index (κ3) is 4.10. The normalized spacial score (nSPS) is 14.4. The second-order valence-corrected chi connectivity index (χ2v) is 8.53. The van der Waals surface area contributed by atoms with Crippen molar-refractivity contribution in [1.82, 2.24) is 34.8 Å². The molecule has 0 atom stereocenters. The fraction of sp³-hybridized carbons (Fsp3) is 0.269. The number of aryl methyl sites for hydroxylation is 1. The summed E-state index contributed by atoms with van der Waals surface area (Å²) in [6, 6.07) is 10.2. The fourth-order valence-corrected chi connectivity index (χ4v) is 4.58. The first kappa shape index (κ1) is 23.3. The maximum absolute atomic E-state index is 13.4. The summed E-state index contributed by atoms with van der Waals surface area (Å²) in [5.41, 5.74) is 3.74. The molecule has 4 heterocycles. The zero-order chi connectivity index (χ0) is 25.2. The number of hydrogen-bond acceptors (Lipinski definition) is 7. The minimum Gasteiger partial charge on any atom is -0.494 e. The van der Waals surface area contributed by atoms with Crippen LogP contribution in [0.25, 0.3) is 22.4 Å². The van der Waals surface area contributed by atoms with Gasteiger partial charge < -0.3 is 19.5 Å². The molecule has 1 saturated heterocycles. The van der Waals surface area contributed by atoms with E-state index in [1.165, 1.54) is 24.3 Å². The summed E-state index contributed by atoms with van der Waals surface area (Å²) in [5.74, 6) is -0.325. The first-order valence-corrected chi connectivity index (χ1v) is 11.8. The number of methoxy groups -OCH3 is 1. The molecule has 0 aliphatic carbocycles. The number of allylic oxidation sites excluding steroid dienone is 1. The summed E-state index contributed by atoms with van der Waals surface area (Å²) < 4.78 is 5.47. The van der Waals surface area contributed by atoms with Gasteiger partial charge in [0.15, 0.2) is 5.82 Å². The smallest absolute Gasteiger partial charge is 0.295 e. The highest BCUT2D eigenvalue weighted by Crippen LogP contribution is 2.32. The van der Waals surface area contributed by atoms with Crippen molar-refractivity contribution < 1.29 is 14.3 Å². The third-order valence-electron chi connectivity index (χ3n) is 6.36. The molecule has 184 valence electrons. The standard InChI is InChI=1S/C26H27N7O3/c1-4-20(18-8-6-5-7-9-18)31-10-12-32(13-11-31)26(35)24(34)19-15-27-23-22(19)21(36-3)16-28-25(23)33-29-14-17(2)30-33/h4-9,14-16,27H,10-13H2,1-3H3/b20-4-. The van der Waals surface area contributed by atoms with E-state index in [0.29, 0.717) is 48.6 Å². The van der Waals surface area contributed by atoms with Crippen LogP contribution in [-0.4, -0.2) is 79.7 Å². The number of pyridine rings is 1. The molecule has 1 aliphatic heterocycles. The number of aromatic amines is 1. The third-order valence-corrected chi connectivity index (χ3v) is 6.36. The summed E-state index contributed by atoms with van der Waals surface area (Å²) >= 11 is 0. The number of piperazine rings is 1. The number of carbonyl (C=O) groups is 2. The minimum atomic E-state index is -0.593. The van der Waals surface area contributed by atoms with Gasteiger partial charge in [0.1, 0.15) is 5.75 Å². The molecule has 0 bridgehead atoms. The van der Waals surface area contributed by atoms with Crippen molar-refractivity contribution in [2.24, 2.45) is 0 Å². The van der Waals surface area contributed by atoms with E-state index in [4.69, 9.17) is 4.74 Å². The van der Waals surface area contributed by atoms with E-state index in [9.17, 15) is 9.59 Å².